The zero-order valence-corrected chi connectivity index (χ0v) is 15.0. The molecule has 0 saturated carbocycles. The highest BCUT2D eigenvalue weighted by Gasteiger charge is 2.18. The summed E-state index contributed by atoms with van der Waals surface area (Å²) in [6, 6.07) is 9.36. The third-order valence-corrected chi connectivity index (χ3v) is 5.11. The summed E-state index contributed by atoms with van der Waals surface area (Å²) < 4.78 is 19.8. The molecule has 0 amide bonds. The smallest absolute Gasteiger partial charge is 0.130 e. The van der Waals surface area contributed by atoms with E-state index in [1.165, 1.54) is 18.9 Å². The lowest BCUT2D eigenvalue weighted by atomic mass is 10.1. The number of halogens is 1. The average Bonchev–Trinajstić information content (AvgIpc) is 3.23. The van der Waals surface area contributed by atoms with Crippen molar-refractivity contribution in [1.82, 2.24) is 4.98 Å². The normalized spacial score (nSPS) is 17.6. The Bertz CT molecular complexity index is 725. The number of nitrogens with one attached hydrogen (secondary N) is 1. The summed E-state index contributed by atoms with van der Waals surface area (Å²) in [6.45, 7) is 5.74. The minimum atomic E-state index is -0.160. The molecule has 0 atom stereocenters. The number of benzene rings is 1. The maximum Gasteiger partial charge on any atom is 0.130 e. The zero-order chi connectivity index (χ0) is 17.8. The number of nitrogens with zero attached hydrogens (tertiary/aromatic N) is 3. The number of ether oxygens (including phenoxy) is 1. The Balaban J connectivity index is 1.44. The average molecular weight is 356 g/mol. The van der Waals surface area contributed by atoms with Gasteiger partial charge in [0.1, 0.15) is 11.6 Å². The van der Waals surface area contributed by atoms with Crippen molar-refractivity contribution < 1.29 is 9.13 Å². The summed E-state index contributed by atoms with van der Waals surface area (Å²) in [6.07, 6.45) is 4.22. The van der Waals surface area contributed by atoms with Crippen LogP contribution in [-0.2, 0) is 11.3 Å². The number of hydrogen-bond acceptors (Lipinski definition) is 5. The summed E-state index contributed by atoms with van der Waals surface area (Å²) in [7, 11) is 0. The molecule has 1 aromatic carbocycles. The van der Waals surface area contributed by atoms with Gasteiger partial charge in [0.25, 0.3) is 0 Å². The Morgan fingerprint density at radius 1 is 1.00 bits per heavy atom. The van der Waals surface area contributed by atoms with E-state index in [0.717, 1.165) is 56.6 Å². The summed E-state index contributed by atoms with van der Waals surface area (Å²) in [4.78, 5) is 9.04. The predicted molar refractivity (Wildman–Crippen MR) is 102 cm³/mol. The van der Waals surface area contributed by atoms with E-state index in [-0.39, 0.29) is 5.82 Å². The molecule has 0 unspecified atom stereocenters. The Morgan fingerprint density at radius 2 is 1.81 bits per heavy atom. The Hall–Kier alpha value is -2.34. The molecule has 2 aliphatic rings. The molecule has 0 aliphatic carbocycles. The van der Waals surface area contributed by atoms with Crippen LogP contribution in [0.4, 0.5) is 21.6 Å². The van der Waals surface area contributed by atoms with E-state index in [1.54, 1.807) is 6.07 Å². The highest BCUT2D eigenvalue weighted by molar-refractivity contribution is 5.56. The Morgan fingerprint density at radius 3 is 2.54 bits per heavy atom. The van der Waals surface area contributed by atoms with Crippen LogP contribution in [0.3, 0.4) is 0 Å². The first-order chi connectivity index (χ1) is 12.8. The molecule has 2 saturated heterocycles. The van der Waals surface area contributed by atoms with E-state index < -0.39 is 0 Å². The SMILES string of the molecule is Fc1cccc(N2CCCC2)c1CNc1ccc(N2CCOCC2)cn1. The van der Waals surface area contributed by atoms with Crippen molar-refractivity contribution in [1.29, 1.82) is 0 Å². The Labute approximate surface area is 153 Å². The van der Waals surface area contributed by atoms with E-state index in [4.69, 9.17) is 4.74 Å². The van der Waals surface area contributed by atoms with Crippen molar-refractivity contribution in [3.8, 4) is 0 Å². The number of morpholine rings is 1. The second kappa shape index (κ2) is 7.91. The number of hydrogen-bond donors (Lipinski definition) is 1. The van der Waals surface area contributed by atoms with Gasteiger partial charge in [-0.05, 0) is 37.1 Å². The summed E-state index contributed by atoms with van der Waals surface area (Å²) in [5.74, 6) is 0.601. The molecule has 0 radical (unpaired) electrons. The molecule has 2 fully saturated rings. The van der Waals surface area contributed by atoms with Crippen LogP contribution in [0.2, 0.25) is 0 Å². The van der Waals surface area contributed by atoms with E-state index in [9.17, 15) is 4.39 Å². The van der Waals surface area contributed by atoms with Crippen molar-refractivity contribution in [3.05, 3.63) is 47.9 Å². The lowest BCUT2D eigenvalue weighted by molar-refractivity contribution is 0.122. The summed E-state index contributed by atoms with van der Waals surface area (Å²) >= 11 is 0. The largest absolute Gasteiger partial charge is 0.378 e. The molecule has 3 heterocycles. The van der Waals surface area contributed by atoms with Crippen LogP contribution in [0, 0.1) is 5.82 Å². The van der Waals surface area contributed by atoms with Crippen molar-refractivity contribution in [2.75, 3.05) is 54.5 Å². The van der Waals surface area contributed by atoms with Crippen molar-refractivity contribution >= 4 is 17.2 Å². The van der Waals surface area contributed by atoms with E-state index in [1.807, 2.05) is 18.3 Å². The van der Waals surface area contributed by atoms with Crippen molar-refractivity contribution in [2.45, 2.75) is 19.4 Å². The van der Waals surface area contributed by atoms with Gasteiger partial charge in [0.2, 0.25) is 0 Å². The third kappa shape index (κ3) is 3.75. The van der Waals surface area contributed by atoms with E-state index in [0.29, 0.717) is 12.1 Å². The monoisotopic (exact) mass is 356 g/mol. The predicted octanol–water partition coefficient (Wildman–Crippen LogP) is 3.27. The van der Waals surface area contributed by atoms with Gasteiger partial charge in [-0.3, -0.25) is 0 Å². The van der Waals surface area contributed by atoms with Gasteiger partial charge in [-0.2, -0.15) is 0 Å². The first-order valence-electron chi connectivity index (χ1n) is 9.36. The van der Waals surface area contributed by atoms with Crippen LogP contribution >= 0.6 is 0 Å². The fourth-order valence-corrected chi connectivity index (χ4v) is 3.65. The van der Waals surface area contributed by atoms with Crippen molar-refractivity contribution in [3.63, 3.8) is 0 Å². The van der Waals surface area contributed by atoms with Crippen molar-refractivity contribution in [2.24, 2.45) is 0 Å². The third-order valence-electron chi connectivity index (χ3n) is 5.11. The molecule has 1 N–H and O–H groups in total. The number of aromatic nitrogens is 1. The lowest BCUT2D eigenvalue weighted by Crippen LogP contribution is -2.36. The Kier molecular flexibility index (Phi) is 5.20. The summed E-state index contributed by atoms with van der Waals surface area (Å²) in [5.41, 5.74) is 2.82. The van der Waals surface area contributed by atoms with Gasteiger partial charge in [0, 0.05) is 44.0 Å². The molecular weight excluding hydrogens is 331 g/mol. The molecule has 5 nitrogen and oxygen atoms in total. The molecule has 2 aliphatic heterocycles. The first kappa shape index (κ1) is 17.1. The van der Waals surface area contributed by atoms with Gasteiger partial charge >= 0.3 is 0 Å². The lowest BCUT2D eigenvalue weighted by Gasteiger charge is -2.28. The molecule has 2 aromatic rings. The fourth-order valence-electron chi connectivity index (χ4n) is 3.65. The molecule has 1 aromatic heterocycles. The van der Waals surface area contributed by atoms with Gasteiger partial charge in [-0.1, -0.05) is 6.07 Å². The number of anilines is 3. The standard InChI is InChI=1S/C20H25FN4O/c21-18-4-3-5-19(25-8-1-2-9-25)17(18)15-23-20-7-6-16(14-22-20)24-10-12-26-13-11-24/h3-7,14H,1-2,8-13,15H2,(H,22,23). The maximum atomic E-state index is 14.4. The molecule has 138 valence electrons. The minimum Gasteiger partial charge on any atom is -0.378 e. The molecule has 26 heavy (non-hydrogen) atoms. The zero-order valence-electron chi connectivity index (χ0n) is 15.0. The van der Waals surface area contributed by atoms with Crippen LogP contribution in [0.1, 0.15) is 18.4 Å². The molecule has 0 spiro atoms. The quantitative estimate of drug-likeness (QED) is 0.890. The van der Waals surface area contributed by atoms with Crippen LogP contribution in [0.15, 0.2) is 36.5 Å². The van der Waals surface area contributed by atoms with Crippen LogP contribution in [0.25, 0.3) is 0 Å². The van der Waals surface area contributed by atoms with Gasteiger partial charge < -0.3 is 19.9 Å². The minimum absolute atomic E-state index is 0.160. The molecular formula is C20H25FN4O. The fraction of sp³-hybridized carbons (Fsp3) is 0.450. The topological polar surface area (TPSA) is 40.6 Å². The first-order valence-corrected chi connectivity index (χ1v) is 9.36. The van der Waals surface area contributed by atoms with Gasteiger partial charge in [-0.25, -0.2) is 9.37 Å². The number of rotatable bonds is 5. The molecule has 4 rings (SSSR count). The highest BCUT2D eigenvalue weighted by Crippen LogP contribution is 2.27. The second-order valence-corrected chi connectivity index (χ2v) is 6.79. The highest BCUT2D eigenvalue weighted by atomic mass is 19.1. The van der Waals surface area contributed by atoms with Crippen LogP contribution < -0.4 is 15.1 Å². The second-order valence-electron chi connectivity index (χ2n) is 6.79. The van der Waals surface area contributed by atoms with Crippen LogP contribution in [0.5, 0.6) is 0 Å². The maximum absolute atomic E-state index is 14.4. The van der Waals surface area contributed by atoms with Gasteiger partial charge in [0.15, 0.2) is 0 Å². The van der Waals surface area contributed by atoms with Gasteiger partial charge in [0.05, 0.1) is 25.1 Å². The van der Waals surface area contributed by atoms with E-state index >= 15 is 0 Å². The van der Waals surface area contributed by atoms with Crippen LogP contribution in [-0.4, -0.2) is 44.4 Å². The molecule has 0 bridgehead atoms. The number of pyridine rings is 1. The summed E-state index contributed by atoms with van der Waals surface area (Å²) in [5, 5.41) is 3.27. The molecule has 6 heteroatoms. The van der Waals surface area contributed by atoms with Gasteiger partial charge in [-0.15, -0.1) is 0 Å². The van der Waals surface area contributed by atoms with E-state index in [2.05, 4.69) is 26.2 Å².